The van der Waals surface area contributed by atoms with E-state index in [0.29, 0.717) is 37.4 Å². The highest BCUT2D eigenvalue weighted by molar-refractivity contribution is 9.09. The maximum Gasteiger partial charge on any atom is 0.306 e. The van der Waals surface area contributed by atoms with Crippen LogP contribution in [0.1, 0.15) is 156 Å². The van der Waals surface area contributed by atoms with Crippen molar-refractivity contribution in [2.75, 3.05) is 38.4 Å². The zero-order valence-corrected chi connectivity index (χ0v) is 31.8. The van der Waals surface area contributed by atoms with E-state index in [1.54, 1.807) is 0 Å². The number of alkyl halides is 1. The lowest BCUT2D eigenvalue weighted by Gasteiger charge is -2.18. The second kappa shape index (κ2) is 33.3. The number of halogens is 1. The van der Waals surface area contributed by atoms with Gasteiger partial charge in [-0.2, -0.15) is 0 Å². The number of ether oxygens (including phenoxy) is 5. The summed E-state index contributed by atoms with van der Waals surface area (Å²) in [4.78, 5) is 61.3. The van der Waals surface area contributed by atoms with Crippen molar-refractivity contribution in [3.8, 4) is 0 Å². The van der Waals surface area contributed by atoms with Crippen LogP contribution in [0.3, 0.4) is 0 Å². The molecule has 0 N–H and O–H groups in total. The Balaban J connectivity index is 4.85. The third-order valence-electron chi connectivity index (χ3n) is 7.90. The van der Waals surface area contributed by atoms with E-state index in [2.05, 4.69) is 36.7 Å². The average Bonchev–Trinajstić information content (AvgIpc) is 3.07. The van der Waals surface area contributed by atoms with Crippen LogP contribution in [0.25, 0.3) is 0 Å². The maximum atomic E-state index is 12.6. The van der Waals surface area contributed by atoms with Gasteiger partial charge in [-0.1, -0.05) is 107 Å². The highest BCUT2D eigenvalue weighted by atomic mass is 79.9. The van der Waals surface area contributed by atoms with Gasteiger partial charge in [0.25, 0.3) is 0 Å². The smallest absolute Gasteiger partial charge is 0.306 e. The first-order chi connectivity index (χ1) is 23.2. The number of hydrogen-bond acceptors (Lipinski definition) is 10. The number of unbranched alkanes of at least 4 members (excludes halogenated alkanes) is 11. The molecule has 0 amide bonds. The molecule has 0 aromatic rings. The lowest BCUT2D eigenvalue weighted by atomic mass is 10.0. The van der Waals surface area contributed by atoms with Crippen molar-refractivity contribution in [2.24, 2.45) is 11.8 Å². The van der Waals surface area contributed by atoms with Gasteiger partial charge in [-0.05, 0) is 32.1 Å². The second-order valence-electron chi connectivity index (χ2n) is 12.6. The second-order valence-corrected chi connectivity index (χ2v) is 13.4. The SMILES string of the molecule is CCCCCCCC(=O)OCC(CCCC(=O)OCC(COC(=O)CCBr)COC(=O)CCCCCC)COC(=O)CCCCCCC. The lowest BCUT2D eigenvalue weighted by molar-refractivity contribution is -0.155. The molecule has 0 saturated carbocycles. The molecule has 10 nitrogen and oxygen atoms in total. The Kier molecular flexibility index (Phi) is 31.8. The fourth-order valence-corrected chi connectivity index (χ4v) is 5.15. The average molecular weight is 750 g/mol. The summed E-state index contributed by atoms with van der Waals surface area (Å²) in [6.07, 6.45) is 16.5. The molecule has 0 saturated heterocycles. The summed E-state index contributed by atoms with van der Waals surface area (Å²) in [5.74, 6) is -2.40. The van der Waals surface area contributed by atoms with E-state index in [9.17, 15) is 24.0 Å². The van der Waals surface area contributed by atoms with E-state index < -0.39 is 17.9 Å². The van der Waals surface area contributed by atoms with Crippen LogP contribution in [-0.4, -0.2) is 68.2 Å². The van der Waals surface area contributed by atoms with Crippen LogP contribution in [0.5, 0.6) is 0 Å². The molecule has 0 aliphatic carbocycles. The van der Waals surface area contributed by atoms with Gasteiger partial charge in [0.2, 0.25) is 0 Å². The van der Waals surface area contributed by atoms with Crippen LogP contribution in [0.2, 0.25) is 0 Å². The van der Waals surface area contributed by atoms with Gasteiger partial charge in [-0.15, -0.1) is 0 Å². The van der Waals surface area contributed by atoms with Crippen molar-refractivity contribution in [3.05, 3.63) is 0 Å². The first kappa shape index (κ1) is 45.8. The minimum absolute atomic E-state index is 0.0164. The molecule has 0 bridgehead atoms. The van der Waals surface area contributed by atoms with Gasteiger partial charge in [-0.25, -0.2) is 0 Å². The Labute approximate surface area is 298 Å². The topological polar surface area (TPSA) is 132 Å². The van der Waals surface area contributed by atoms with Crippen LogP contribution in [-0.2, 0) is 47.7 Å². The number of rotatable bonds is 33. The quantitative estimate of drug-likeness (QED) is 0.0278. The van der Waals surface area contributed by atoms with Crippen LogP contribution in [0.4, 0.5) is 0 Å². The molecule has 280 valence electrons. The van der Waals surface area contributed by atoms with Gasteiger partial charge >= 0.3 is 29.8 Å². The van der Waals surface area contributed by atoms with Crippen molar-refractivity contribution < 1.29 is 47.7 Å². The largest absolute Gasteiger partial charge is 0.465 e. The Morgan fingerprint density at radius 2 is 0.688 bits per heavy atom. The summed E-state index contributed by atoms with van der Waals surface area (Å²) in [7, 11) is 0. The molecule has 0 radical (unpaired) electrons. The van der Waals surface area contributed by atoms with Gasteiger partial charge in [0.1, 0.15) is 19.8 Å². The summed E-state index contributed by atoms with van der Waals surface area (Å²) >= 11 is 3.21. The molecular weight excluding hydrogens is 684 g/mol. The van der Waals surface area contributed by atoms with E-state index in [4.69, 9.17) is 23.7 Å². The molecular formula is C37H65BrO10. The highest BCUT2D eigenvalue weighted by Crippen LogP contribution is 2.15. The predicted octanol–water partition coefficient (Wildman–Crippen LogP) is 8.58. The Morgan fingerprint density at radius 3 is 1.04 bits per heavy atom. The molecule has 1 unspecified atom stereocenters. The summed E-state index contributed by atoms with van der Waals surface area (Å²) in [5.41, 5.74) is 0. The third kappa shape index (κ3) is 29.9. The molecule has 0 fully saturated rings. The third-order valence-corrected chi connectivity index (χ3v) is 8.29. The summed E-state index contributed by atoms with van der Waals surface area (Å²) < 4.78 is 27.2. The van der Waals surface area contributed by atoms with E-state index in [-0.39, 0.29) is 69.7 Å². The first-order valence-electron chi connectivity index (χ1n) is 18.6. The maximum absolute atomic E-state index is 12.6. The van der Waals surface area contributed by atoms with Crippen LogP contribution in [0.15, 0.2) is 0 Å². The molecule has 0 spiro atoms. The first-order valence-corrected chi connectivity index (χ1v) is 19.7. The highest BCUT2D eigenvalue weighted by Gasteiger charge is 2.19. The van der Waals surface area contributed by atoms with E-state index in [1.807, 2.05) is 0 Å². The van der Waals surface area contributed by atoms with Crippen molar-refractivity contribution in [3.63, 3.8) is 0 Å². The molecule has 11 heteroatoms. The zero-order chi connectivity index (χ0) is 35.7. The summed E-state index contributed by atoms with van der Waals surface area (Å²) in [6.45, 7) is 6.53. The standard InChI is InChI=1S/C37H65BrO10/c1-4-7-10-13-16-21-33(39)44-26-31(27-45-34(40)22-17-14-11-8-5-2)19-18-23-36(42)47-29-32(30-48-37(43)24-25-38)28-46-35(41)20-15-12-9-6-3/h31-32H,4-30H2,1-3H3. The van der Waals surface area contributed by atoms with Crippen LogP contribution in [0, 0.1) is 11.8 Å². The normalized spacial score (nSPS) is 11.6. The molecule has 0 aromatic heterocycles. The summed E-state index contributed by atoms with van der Waals surface area (Å²) in [6, 6.07) is 0. The van der Waals surface area contributed by atoms with Crippen LogP contribution >= 0.6 is 15.9 Å². The van der Waals surface area contributed by atoms with Gasteiger partial charge in [0.05, 0.1) is 25.6 Å². The Hall–Kier alpha value is -2.17. The molecule has 0 aliphatic heterocycles. The van der Waals surface area contributed by atoms with Crippen molar-refractivity contribution in [1.82, 2.24) is 0 Å². The minimum Gasteiger partial charge on any atom is -0.465 e. The zero-order valence-electron chi connectivity index (χ0n) is 30.2. The molecule has 1 atom stereocenters. The fourth-order valence-electron chi connectivity index (χ4n) is 4.83. The predicted molar refractivity (Wildman–Crippen MR) is 190 cm³/mol. The van der Waals surface area contributed by atoms with Crippen molar-refractivity contribution in [2.45, 2.75) is 156 Å². The Bertz CT molecular complexity index is 820. The van der Waals surface area contributed by atoms with Crippen LogP contribution < -0.4 is 0 Å². The van der Waals surface area contributed by atoms with Crippen molar-refractivity contribution in [1.29, 1.82) is 0 Å². The van der Waals surface area contributed by atoms with Gasteiger partial charge < -0.3 is 23.7 Å². The number of carbonyl (C=O) groups is 5. The van der Waals surface area contributed by atoms with Gasteiger partial charge in [-0.3, -0.25) is 24.0 Å². The number of carbonyl (C=O) groups excluding carboxylic acids is 5. The Morgan fingerprint density at radius 1 is 0.396 bits per heavy atom. The van der Waals surface area contributed by atoms with Gasteiger partial charge in [0.15, 0.2) is 0 Å². The monoisotopic (exact) mass is 748 g/mol. The molecule has 48 heavy (non-hydrogen) atoms. The molecule has 0 aliphatic rings. The number of esters is 5. The lowest BCUT2D eigenvalue weighted by Crippen LogP contribution is -2.26. The summed E-state index contributed by atoms with van der Waals surface area (Å²) in [5, 5.41) is 0.468. The van der Waals surface area contributed by atoms with Gasteiger partial charge in [0, 0.05) is 36.9 Å². The van der Waals surface area contributed by atoms with E-state index in [0.717, 1.165) is 89.9 Å². The van der Waals surface area contributed by atoms with Crippen molar-refractivity contribution >= 4 is 45.8 Å². The molecule has 0 rings (SSSR count). The minimum atomic E-state index is -0.483. The van der Waals surface area contributed by atoms with E-state index >= 15 is 0 Å². The van der Waals surface area contributed by atoms with E-state index in [1.165, 1.54) is 0 Å². The number of hydrogen-bond donors (Lipinski definition) is 0. The fraction of sp³-hybridized carbons (Fsp3) is 0.865. The molecule has 0 aromatic carbocycles. The molecule has 0 heterocycles.